The summed E-state index contributed by atoms with van der Waals surface area (Å²) in [6.45, 7) is 2.50. The summed E-state index contributed by atoms with van der Waals surface area (Å²) >= 11 is 0. The molecule has 4 amide bonds. The standard InChI is InChI=1S/C11H18N4O3/c1-12-3-5-14(7-9(12)16)10(17)8-15-6-4-13(2)11(15)18/h3-8H2,1-2H3. The number of amides is 4. The molecule has 7 nitrogen and oxygen atoms in total. The number of rotatable bonds is 2. The second-order valence-corrected chi connectivity index (χ2v) is 4.76. The molecule has 100 valence electrons. The van der Waals surface area contributed by atoms with E-state index in [2.05, 4.69) is 0 Å². The predicted octanol–water partition coefficient (Wildman–Crippen LogP) is -1.35. The quantitative estimate of drug-likeness (QED) is 0.612. The minimum Gasteiger partial charge on any atom is -0.342 e. The third kappa shape index (κ3) is 2.39. The topological polar surface area (TPSA) is 64.2 Å². The zero-order valence-electron chi connectivity index (χ0n) is 10.8. The van der Waals surface area contributed by atoms with Crippen LogP contribution in [-0.4, -0.2) is 90.8 Å². The van der Waals surface area contributed by atoms with Crippen molar-refractivity contribution >= 4 is 17.8 Å². The molecule has 0 atom stereocenters. The van der Waals surface area contributed by atoms with E-state index in [0.717, 1.165) is 0 Å². The Hall–Kier alpha value is -1.79. The first-order valence-electron chi connectivity index (χ1n) is 6.01. The highest BCUT2D eigenvalue weighted by atomic mass is 16.2. The van der Waals surface area contributed by atoms with Gasteiger partial charge in [-0.2, -0.15) is 0 Å². The maximum atomic E-state index is 12.0. The van der Waals surface area contributed by atoms with Crippen molar-refractivity contribution in [3.8, 4) is 0 Å². The van der Waals surface area contributed by atoms with Crippen LogP contribution in [0.5, 0.6) is 0 Å². The smallest absolute Gasteiger partial charge is 0.320 e. The largest absolute Gasteiger partial charge is 0.342 e. The van der Waals surface area contributed by atoms with Gasteiger partial charge in [-0.3, -0.25) is 9.59 Å². The molecule has 2 aliphatic heterocycles. The van der Waals surface area contributed by atoms with E-state index in [1.54, 1.807) is 23.9 Å². The van der Waals surface area contributed by atoms with Gasteiger partial charge in [-0.1, -0.05) is 0 Å². The van der Waals surface area contributed by atoms with Gasteiger partial charge in [-0.25, -0.2) is 4.79 Å². The van der Waals surface area contributed by atoms with E-state index in [1.165, 1.54) is 9.80 Å². The number of likely N-dealkylation sites (N-methyl/N-ethyl adjacent to an activating group) is 2. The number of urea groups is 1. The van der Waals surface area contributed by atoms with E-state index in [9.17, 15) is 14.4 Å². The van der Waals surface area contributed by atoms with Crippen LogP contribution < -0.4 is 0 Å². The highest BCUT2D eigenvalue weighted by molar-refractivity contribution is 5.89. The molecule has 2 aliphatic rings. The number of carbonyl (C=O) groups excluding carboxylic acids is 3. The van der Waals surface area contributed by atoms with Crippen LogP contribution in [0.3, 0.4) is 0 Å². The van der Waals surface area contributed by atoms with E-state index in [1.807, 2.05) is 0 Å². The average Bonchev–Trinajstić information content (AvgIpc) is 2.64. The third-order valence-corrected chi connectivity index (χ3v) is 3.44. The van der Waals surface area contributed by atoms with Crippen molar-refractivity contribution in [2.24, 2.45) is 0 Å². The lowest BCUT2D eigenvalue weighted by Crippen LogP contribution is -2.53. The molecule has 0 spiro atoms. The molecule has 0 aromatic heterocycles. The minimum absolute atomic E-state index is 0.0560. The summed E-state index contributed by atoms with van der Waals surface area (Å²) in [6.07, 6.45) is 0. The van der Waals surface area contributed by atoms with Gasteiger partial charge in [0.15, 0.2) is 0 Å². The van der Waals surface area contributed by atoms with Gasteiger partial charge in [0, 0.05) is 40.3 Å². The summed E-state index contributed by atoms with van der Waals surface area (Å²) in [4.78, 5) is 41.4. The van der Waals surface area contributed by atoms with Crippen molar-refractivity contribution in [3.63, 3.8) is 0 Å². The lowest BCUT2D eigenvalue weighted by Gasteiger charge is -2.32. The molecule has 0 aromatic rings. The SMILES string of the molecule is CN1CCN(C(=O)CN2CCN(C)C2=O)CC1=O. The molecule has 0 unspecified atom stereocenters. The maximum absolute atomic E-state index is 12.0. The van der Waals surface area contributed by atoms with Gasteiger partial charge in [0.2, 0.25) is 11.8 Å². The average molecular weight is 254 g/mol. The van der Waals surface area contributed by atoms with Gasteiger partial charge in [-0.05, 0) is 0 Å². The Morgan fingerprint density at radius 3 is 2.28 bits per heavy atom. The number of hydrogen-bond acceptors (Lipinski definition) is 3. The first kappa shape index (κ1) is 12.7. The highest BCUT2D eigenvalue weighted by Gasteiger charge is 2.30. The molecule has 0 saturated carbocycles. The van der Waals surface area contributed by atoms with Crippen LogP contribution >= 0.6 is 0 Å². The van der Waals surface area contributed by atoms with Gasteiger partial charge in [-0.15, -0.1) is 0 Å². The van der Waals surface area contributed by atoms with Crippen LogP contribution in [0.25, 0.3) is 0 Å². The lowest BCUT2D eigenvalue weighted by molar-refractivity contribution is -0.144. The van der Waals surface area contributed by atoms with Gasteiger partial charge in [0.1, 0.15) is 6.54 Å². The fourth-order valence-corrected chi connectivity index (χ4v) is 2.08. The molecule has 18 heavy (non-hydrogen) atoms. The maximum Gasteiger partial charge on any atom is 0.320 e. The fraction of sp³-hybridized carbons (Fsp3) is 0.727. The number of hydrogen-bond donors (Lipinski definition) is 0. The second-order valence-electron chi connectivity index (χ2n) is 4.76. The summed E-state index contributed by atoms with van der Waals surface area (Å²) in [5.41, 5.74) is 0. The third-order valence-electron chi connectivity index (χ3n) is 3.44. The summed E-state index contributed by atoms with van der Waals surface area (Å²) in [7, 11) is 3.44. The van der Waals surface area contributed by atoms with Gasteiger partial charge < -0.3 is 19.6 Å². The Labute approximate surface area is 106 Å². The number of nitrogens with zero attached hydrogens (tertiary/aromatic N) is 4. The van der Waals surface area contributed by atoms with Crippen molar-refractivity contribution in [3.05, 3.63) is 0 Å². The zero-order chi connectivity index (χ0) is 13.3. The molecule has 0 radical (unpaired) electrons. The molecule has 2 saturated heterocycles. The fourth-order valence-electron chi connectivity index (χ4n) is 2.08. The minimum atomic E-state index is -0.153. The molecule has 2 heterocycles. The molecule has 0 aliphatic carbocycles. The molecular formula is C11H18N4O3. The van der Waals surface area contributed by atoms with E-state index >= 15 is 0 Å². The van der Waals surface area contributed by atoms with Crippen LogP contribution in [0.2, 0.25) is 0 Å². The molecule has 0 bridgehead atoms. The Kier molecular flexibility index (Phi) is 3.40. The lowest BCUT2D eigenvalue weighted by atomic mass is 10.3. The van der Waals surface area contributed by atoms with E-state index in [4.69, 9.17) is 0 Å². The summed E-state index contributed by atoms with van der Waals surface area (Å²) in [5, 5.41) is 0. The molecule has 2 fully saturated rings. The summed E-state index contributed by atoms with van der Waals surface area (Å²) in [5.74, 6) is -0.209. The van der Waals surface area contributed by atoms with Crippen LogP contribution in [0.4, 0.5) is 4.79 Å². The van der Waals surface area contributed by atoms with Crippen LogP contribution in [0.15, 0.2) is 0 Å². The number of carbonyl (C=O) groups is 3. The Morgan fingerprint density at radius 1 is 1.06 bits per heavy atom. The molecular weight excluding hydrogens is 236 g/mol. The Morgan fingerprint density at radius 2 is 1.72 bits per heavy atom. The van der Waals surface area contributed by atoms with E-state index in [-0.39, 0.29) is 30.9 Å². The normalized spacial score (nSPS) is 21.0. The van der Waals surface area contributed by atoms with Crippen molar-refractivity contribution < 1.29 is 14.4 Å². The molecule has 2 rings (SSSR count). The highest BCUT2D eigenvalue weighted by Crippen LogP contribution is 2.08. The van der Waals surface area contributed by atoms with Crippen molar-refractivity contribution in [1.29, 1.82) is 0 Å². The summed E-state index contributed by atoms with van der Waals surface area (Å²) < 4.78 is 0. The number of piperazine rings is 1. The van der Waals surface area contributed by atoms with Crippen LogP contribution in [0, 0.1) is 0 Å². The van der Waals surface area contributed by atoms with Crippen LogP contribution in [-0.2, 0) is 9.59 Å². The Bertz CT molecular complexity index is 384. The van der Waals surface area contributed by atoms with Gasteiger partial charge >= 0.3 is 6.03 Å². The monoisotopic (exact) mass is 254 g/mol. The van der Waals surface area contributed by atoms with E-state index in [0.29, 0.717) is 26.2 Å². The molecule has 0 aromatic carbocycles. The predicted molar refractivity (Wildman–Crippen MR) is 63.8 cm³/mol. The van der Waals surface area contributed by atoms with Crippen molar-refractivity contribution in [2.45, 2.75) is 0 Å². The van der Waals surface area contributed by atoms with Crippen molar-refractivity contribution in [1.82, 2.24) is 19.6 Å². The van der Waals surface area contributed by atoms with Gasteiger partial charge in [0.05, 0.1) is 6.54 Å². The van der Waals surface area contributed by atoms with Crippen LogP contribution in [0.1, 0.15) is 0 Å². The first-order chi connectivity index (χ1) is 8.49. The summed E-state index contributed by atoms with van der Waals surface area (Å²) in [6, 6.07) is -0.121. The van der Waals surface area contributed by atoms with E-state index < -0.39 is 0 Å². The molecule has 0 N–H and O–H groups in total. The first-order valence-corrected chi connectivity index (χ1v) is 6.01. The molecule has 7 heteroatoms. The van der Waals surface area contributed by atoms with Gasteiger partial charge in [0.25, 0.3) is 0 Å². The second kappa shape index (κ2) is 4.83. The van der Waals surface area contributed by atoms with Crippen molar-refractivity contribution in [2.75, 3.05) is 53.4 Å². The zero-order valence-corrected chi connectivity index (χ0v) is 10.8. The Balaban J connectivity index is 1.89.